The van der Waals surface area contributed by atoms with Crippen LogP contribution >= 0.6 is 11.3 Å². The fourth-order valence-electron chi connectivity index (χ4n) is 2.03. The van der Waals surface area contributed by atoms with E-state index < -0.39 is 11.9 Å². The number of ether oxygens (including phenoxy) is 1. The number of esters is 1. The first-order valence-corrected chi connectivity index (χ1v) is 8.23. The molecular formula is C18H15FN2O3S. The molecule has 128 valence electrons. The number of hydrogen-bond acceptors (Lipinski definition) is 5. The quantitative estimate of drug-likeness (QED) is 0.649. The first kappa shape index (κ1) is 18.4. The molecule has 1 aromatic carbocycles. The van der Waals surface area contributed by atoms with E-state index in [1.807, 2.05) is 6.07 Å². The van der Waals surface area contributed by atoms with Crippen molar-refractivity contribution in [3.05, 3.63) is 57.7 Å². The van der Waals surface area contributed by atoms with Crippen molar-refractivity contribution in [1.82, 2.24) is 0 Å². The van der Waals surface area contributed by atoms with Crippen LogP contribution in [0.5, 0.6) is 0 Å². The highest BCUT2D eigenvalue weighted by Gasteiger charge is 2.21. The number of thiophene rings is 1. The third kappa shape index (κ3) is 4.52. The highest BCUT2D eigenvalue weighted by Crippen LogP contribution is 2.33. The van der Waals surface area contributed by atoms with E-state index in [0.717, 1.165) is 11.3 Å². The minimum Gasteiger partial charge on any atom is -0.462 e. The van der Waals surface area contributed by atoms with Crippen LogP contribution in [0.3, 0.4) is 0 Å². The molecule has 5 nitrogen and oxygen atoms in total. The molecule has 2 aromatic rings. The summed E-state index contributed by atoms with van der Waals surface area (Å²) in [5.41, 5.74) is 1.37. The molecule has 1 heterocycles. The summed E-state index contributed by atoms with van der Waals surface area (Å²) in [6, 6.07) is 7.64. The summed E-state index contributed by atoms with van der Waals surface area (Å²) in [5, 5.41) is 12.1. The van der Waals surface area contributed by atoms with Gasteiger partial charge in [0.05, 0.1) is 12.2 Å². The Balaban J connectivity index is 2.17. The molecule has 25 heavy (non-hydrogen) atoms. The number of carbonyl (C=O) groups is 2. The van der Waals surface area contributed by atoms with Gasteiger partial charge in [-0.2, -0.15) is 5.26 Å². The Labute approximate surface area is 148 Å². The molecule has 0 saturated carbocycles. The second-order valence-corrected chi connectivity index (χ2v) is 5.99. The van der Waals surface area contributed by atoms with Gasteiger partial charge >= 0.3 is 5.97 Å². The van der Waals surface area contributed by atoms with E-state index in [9.17, 15) is 19.2 Å². The molecule has 0 spiro atoms. The van der Waals surface area contributed by atoms with Gasteiger partial charge in [0.1, 0.15) is 21.8 Å². The Kier molecular flexibility index (Phi) is 6.03. The average molecular weight is 358 g/mol. The van der Waals surface area contributed by atoms with E-state index in [2.05, 4.69) is 5.32 Å². The van der Waals surface area contributed by atoms with Gasteiger partial charge in [-0.3, -0.25) is 4.79 Å². The fraction of sp³-hybridized carbons (Fsp3) is 0.167. The molecule has 0 unspecified atom stereocenters. The van der Waals surface area contributed by atoms with Crippen molar-refractivity contribution >= 4 is 34.3 Å². The van der Waals surface area contributed by atoms with Crippen LogP contribution in [0.1, 0.15) is 33.3 Å². The lowest BCUT2D eigenvalue weighted by atomic mass is 10.1. The van der Waals surface area contributed by atoms with Gasteiger partial charge in [-0.1, -0.05) is 12.1 Å². The van der Waals surface area contributed by atoms with Crippen LogP contribution in [0.15, 0.2) is 30.3 Å². The van der Waals surface area contributed by atoms with Gasteiger partial charge in [0.2, 0.25) is 5.91 Å². The van der Waals surface area contributed by atoms with Crippen LogP contribution in [-0.2, 0) is 9.53 Å². The Hall–Kier alpha value is -2.98. The number of halogens is 1. The van der Waals surface area contributed by atoms with Crippen molar-refractivity contribution in [2.24, 2.45) is 0 Å². The molecular weight excluding hydrogens is 343 g/mol. The topological polar surface area (TPSA) is 79.2 Å². The standard InChI is InChI=1S/C18H15FN2O3S/c1-3-24-18(23)16-11(2)14(10-20)17(25-16)21-15(22)9-6-12-4-7-13(19)8-5-12/h4-9H,3H2,1-2H3,(H,21,22). The molecule has 0 radical (unpaired) electrons. The van der Waals surface area contributed by atoms with Gasteiger partial charge in [0.15, 0.2) is 0 Å². The minimum absolute atomic E-state index is 0.222. The zero-order valence-electron chi connectivity index (χ0n) is 13.6. The number of hydrogen-bond donors (Lipinski definition) is 1. The number of carbonyl (C=O) groups excluding carboxylic acids is 2. The number of nitrogens with zero attached hydrogens (tertiary/aromatic N) is 1. The largest absolute Gasteiger partial charge is 0.462 e. The molecule has 0 aliphatic carbocycles. The highest BCUT2D eigenvalue weighted by molar-refractivity contribution is 7.18. The summed E-state index contributed by atoms with van der Waals surface area (Å²) in [7, 11) is 0. The van der Waals surface area contributed by atoms with E-state index in [4.69, 9.17) is 4.74 Å². The lowest BCUT2D eigenvalue weighted by Crippen LogP contribution is -2.07. The van der Waals surface area contributed by atoms with Crippen LogP contribution < -0.4 is 5.32 Å². The summed E-state index contributed by atoms with van der Waals surface area (Å²) in [6.45, 7) is 3.54. The maximum absolute atomic E-state index is 12.8. The van der Waals surface area contributed by atoms with E-state index in [-0.39, 0.29) is 27.9 Å². The van der Waals surface area contributed by atoms with Gasteiger partial charge in [-0.15, -0.1) is 11.3 Å². The van der Waals surface area contributed by atoms with E-state index in [0.29, 0.717) is 11.1 Å². The third-order valence-corrected chi connectivity index (χ3v) is 4.44. The first-order valence-electron chi connectivity index (χ1n) is 7.41. The lowest BCUT2D eigenvalue weighted by Gasteiger charge is -1.99. The van der Waals surface area contributed by atoms with Gasteiger partial charge in [0, 0.05) is 6.08 Å². The molecule has 1 aromatic heterocycles. The van der Waals surface area contributed by atoms with Gasteiger partial charge in [-0.25, -0.2) is 9.18 Å². The van der Waals surface area contributed by atoms with E-state index in [1.165, 1.54) is 36.4 Å². The number of nitriles is 1. The molecule has 7 heteroatoms. The zero-order chi connectivity index (χ0) is 18.4. The summed E-state index contributed by atoms with van der Waals surface area (Å²) < 4.78 is 17.8. The van der Waals surface area contributed by atoms with Crippen LogP contribution in [0.25, 0.3) is 6.08 Å². The van der Waals surface area contributed by atoms with Crippen molar-refractivity contribution in [2.75, 3.05) is 11.9 Å². The fourth-order valence-corrected chi connectivity index (χ4v) is 3.08. The molecule has 1 N–H and O–H groups in total. The normalized spacial score (nSPS) is 10.5. The number of rotatable bonds is 5. The Morgan fingerprint density at radius 1 is 1.36 bits per heavy atom. The van der Waals surface area contributed by atoms with Crippen molar-refractivity contribution in [3.63, 3.8) is 0 Å². The monoisotopic (exact) mass is 358 g/mol. The number of nitrogens with one attached hydrogen (secondary N) is 1. The summed E-state index contributed by atoms with van der Waals surface area (Å²) in [4.78, 5) is 24.2. The Morgan fingerprint density at radius 2 is 2.04 bits per heavy atom. The van der Waals surface area contributed by atoms with Crippen LogP contribution in [0.4, 0.5) is 9.39 Å². The smallest absolute Gasteiger partial charge is 0.348 e. The van der Waals surface area contributed by atoms with Crippen molar-refractivity contribution in [2.45, 2.75) is 13.8 Å². The van der Waals surface area contributed by atoms with Gasteiger partial charge in [-0.05, 0) is 43.2 Å². The van der Waals surface area contributed by atoms with Crippen molar-refractivity contribution in [1.29, 1.82) is 5.26 Å². The summed E-state index contributed by atoms with van der Waals surface area (Å²) in [6.07, 6.45) is 2.79. The highest BCUT2D eigenvalue weighted by atomic mass is 32.1. The average Bonchev–Trinajstić information content (AvgIpc) is 2.90. The zero-order valence-corrected chi connectivity index (χ0v) is 14.4. The molecule has 0 atom stereocenters. The summed E-state index contributed by atoms with van der Waals surface area (Å²) >= 11 is 0.998. The third-order valence-electron chi connectivity index (χ3n) is 3.25. The molecule has 0 saturated heterocycles. The molecule has 0 aliphatic rings. The maximum Gasteiger partial charge on any atom is 0.348 e. The predicted octanol–water partition coefficient (Wildman–Crippen LogP) is 3.90. The minimum atomic E-state index is -0.524. The number of anilines is 1. The van der Waals surface area contributed by atoms with E-state index >= 15 is 0 Å². The van der Waals surface area contributed by atoms with Crippen molar-refractivity contribution < 1.29 is 18.7 Å². The van der Waals surface area contributed by atoms with E-state index in [1.54, 1.807) is 13.8 Å². The van der Waals surface area contributed by atoms with Gasteiger partial charge in [0.25, 0.3) is 0 Å². The first-order chi connectivity index (χ1) is 12.0. The summed E-state index contributed by atoms with van der Waals surface area (Å²) in [5.74, 6) is -1.35. The molecule has 0 aliphatic heterocycles. The SMILES string of the molecule is CCOC(=O)c1sc(NC(=O)C=Cc2ccc(F)cc2)c(C#N)c1C. The second-order valence-electron chi connectivity index (χ2n) is 4.97. The lowest BCUT2D eigenvalue weighted by molar-refractivity contribution is -0.111. The Bertz CT molecular complexity index is 864. The van der Waals surface area contributed by atoms with Crippen LogP contribution in [0, 0.1) is 24.1 Å². The molecule has 2 rings (SSSR count). The molecule has 0 bridgehead atoms. The van der Waals surface area contributed by atoms with Gasteiger partial charge < -0.3 is 10.1 Å². The molecule has 0 fully saturated rings. The maximum atomic E-state index is 12.8. The number of benzene rings is 1. The van der Waals surface area contributed by atoms with Crippen molar-refractivity contribution in [3.8, 4) is 6.07 Å². The van der Waals surface area contributed by atoms with Crippen LogP contribution in [0.2, 0.25) is 0 Å². The number of amides is 1. The predicted molar refractivity (Wildman–Crippen MR) is 93.8 cm³/mol. The molecule has 1 amide bonds. The Morgan fingerprint density at radius 3 is 2.64 bits per heavy atom. The second kappa shape index (κ2) is 8.22. The van der Waals surface area contributed by atoms with Crippen LogP contribution in [-0.4, -0.2) is 18.5 Å².